The molecular weight excluding hydrogens is 268 g/mol. The van der Waals surface area contributed by atoms with Gasteiger partial charge in [-0.15, -0.1) is 0 Å². The predicted octanol–water partition coefficient (Wildman–Crippen LogP) is 0.348. The van der Waals surface area contributed by atoms with Gasteiger partial charge in [-0.1, -0.05) is 0 Å². The van der Waals surface area contributed by atoms with Crippen molar-refractivity contribution in [3.63, 3.8) is 0 Å². The van der Waals surface area contributed by atoms with E-state index >= 15 is 0 Å². The van der Waals surface area contributed by atoms with Crippen LogP contribution in [0.2, 0.25) is 0 Å². The maximum absolute atomic E-state index is 12.4. The highest BCUT2D eigenvalue weighted by atomic mass is 16.5. The second kappa shape index (κ2) is 6.30. The molecule has 2 aliphatic rings. The van der Waals surface area contributed by atoms with E-state index in [-0.39, 0.29) is 5.92 Å². The number of ether oxygens (including phenoxy) is 1. The standard InChI is InChI=1S/C15H22N4O2/c1-21-13-3-5-17-14(10-13)18-6-8-19(9-7-18)15(20)12-2-4-16-11-12/h3,5,10,12,16H,2,4,6-9,11H2,1H3. The lowest BCUT2D eigenvalue weighted by molar-refractivity contribution is -0.135. The topological polar surface area (TPSA) is 57.7 Å². The average Bonchev–Trinajstić information content (AvgIpc) is 3.09. The summed E-state index contributed by atoms with van der Waals surface area (Å²) in [6.45, 7) is 4.99. The quantitative estimate of drug-likeness (QED) is 0.870. The number of carbonyl (C=O) groups is 1. The Balaban J connectivity index is 1.58. The molecule has 1 unspecified atom stereocenters. The van der Waals surface area contributed by atoms with Crippen molar-refractivity contribution in [2.45, 2.75) is 6.42 Å². The zero-order chi connectivity index (χ0) is 14.7. The Hall–Kier alpha value is -1.82. The molecule has 2 saturated heterocycles. The third-order valence-electron chi connectivity index (χ3n) is 4.28. The fourth-order valence-corrected chi connectivity index (χ4v) is 2.98. The molecule has 6 heteroatoms. The Kier molecular flexibility index (Phi) is 4.24. The van der Waals surface area contributed by atoms with E-state index in [0.29, 0.717) is 5.91 Å². The summed E-state index contributed by atoms with van der Waals surface area (Å²) < 4.78 is 5.23. The molecule has 0 aromatic carbocycles. The molecule has 1 N–H and O–H groups in total. The molecule has 1 aromatic heterocycles. The van der Waals surface area contributed by atoms with Crippen LogP contribution < -0.4 is 15.0 Å². The van der Waals surface area contributed by atoms with Crippen molar-refractivity contribution in [3.8, 4) is 5.75 Å². The average molecular weight is 290 g/mol. The molecule has 0 radical (unpaired) electrons. The van der Waals surface area contributed by atoms with Gasteiger partial charge < -0.3 is 19.9 Å². The van der Waals surface area contributed by atoms with Crippen LogP contribution in [-0.4, -0.2) is 62.2 Å². The molecule has 114 valence electrons. The Morgan fingerprint density at radius 3 is 2.86 bits per heavy atom. The molecule has 3 heterocycles. The normalized spacial score (nSPS) is 22.4. The molecule has 6 nitrogen and oxygen atoms in total. The first kappa shape index (κ1) is 14.1. The number of piperazine rings is 1. The van der Waals surface area contributed by atoms with E-state index in [1.807, 2.05) is 17.0 Å². The summed E-state index contributed by atoms with van der Waals surface area (Å²) in [5.74, 6) is 2.21. The second-order valence-electron chi connectivity index (χ2n) is 5.56. The number of pyridine rings is 1. The first-order valence-electron chi connectivity index (χ1n) is 7.52. The highest BCUT2D eigenvalue weighted by Crippen LogP contribution is 2.20. The lowest BCUT2D eigenvalue weighted by Crippen LogP contribution is -2.50. The van der Waals surface area contributed by atoms with Crippen molar-refractivity contribution >= 4 is 11.7 Å². The van der Waals surface area contributed by atoms with Gasteiger partial charge in [0, 0.05) is 45.0 Å². The van der Waals surface area contributed by atoms with Gasteiger partial charge in [0.1, 0.15) is 11.6 Å². The van der Waals surface area contributed by atoms with Gasteiger partial charge in [0.2, 0.25) is 5.91 Å². The molecular formula is C15H22N4O2. The molecule has 1 aromatic rings. The van der Waals surface area contributed by atoms with Crippen LogP contribution in [0.4, 0.5) is 5.82 Å². The van der Waals surface area contributed by atoms with Crippen LogP contribution in [0, 0.1) is 5.92 Å². The first-order valence-corrected chi connectivity index (χ1v) is 7.52. The SMILES string of the molecule is COc1ccnc(N2CCN(C(=O)C3CCNC3)CC2)c1. The lowest BCUT2D eigenvalue weighted by atomic mass is 10.1. The predicted molar refractivity (Wildman–Crippen MR) is 80.6 cm³/mol. The number of carbonyl (C=O) groups excluding carboxylic acids is 1. The van der Waals surface area contributed by atoms with E-state index in [9.17, 15) is 4.79 Å². The minimum Gasteiger partial charge on any atom is -0.497 e. The Morgan fingerprint density at radius 2 is 2.19 bits per heavy atom. The van der Waals surface area contributed by atoms with Crippen molar-refractivity contribution < 1.29 is 9.53 Å². The Morgan fingerprint density at radius 1 is 1.38 bits per heavy atom. The smallest absolute Gasteiger partial charge is 0.227 e. The second-order valence-corrected chi connectivity index (χ2v) is 5.56. The number of rotatable bonds is 3. The lowest BCUT2D eigenvalue weighted by Gasteiger charge is -2.36. The molecule has 0 aliphatic carbocycles. The van der Waals surface area contributed by atoms with Crippen LogP contribution >= 0.6 is 0 Å². The minimum absolute atomic E-state index is 0.173. The summed E-state index contributed by atoms with van der Waals surface area (Å²) in [7, 11) is 1.66. The van der Waals surface area contributed by atoms with Crippen molar-refractivity contribution in [1.82, 2.24) is 15.2 Å². The van der Waals surface area contributed by atoms with Crippen molar-refractivity contribution in [1.29, 1.82) is 0 Å². The number of nitrogens with one attached hydrogen (secondary N) is 1. The summed E-state index contributed by atoms with van der Waals surface area (Å²) in [5, 5.41) is 3.26. The van der Waals surface area contributed by atoms with Gasteiger partial charge in [-0.3, -0.25) is 4.79 Å². The molecule has 1 amide bonds. The minimum atomic E-state index is 0.173. The molecule has 3 rings (SSSR count). The fourth-order valence-electron chi connectivity index (χ4n) is 2.98. The summed E-state index contributed by atoms with van der Waals surface area (Å²) in [5.41, 5.74) is 0. The number of nitrogens with zero attached hydrogens (tertiary/aromatic N) is 3. The van der Waals surface area contributed by atoms with Crippen LogP contribution in [0.5, 0.6) is 5.75 Å². The Labute approximate surface area is 125 Å². The van der Waals surface area contributed by atoms with Gasteiger partial charge in [-0.25, -0.2) is 4.98 Å². The molecule has 2 aliphatic heterocycles. The highest BCUT2D eigenvalue weighted by Gasteiger charge is 2.29. The number of hydrogen-bond donors (Lipinski definition) is 1. The summed E-state index contributed by atoms with van der Waals surface area (Å²) >= 11 is 0. The first-order chi connectivity index (χ1) is 10.3. The number of aromatic nitrogens is 1. The van der Waals surface area contributed by atoms with Gasteiger partial charge in [0.25, 0.3) is 0 Å². The third-order valence-corrected chi connectivity index (χ3v) is 4.28. The molecule has 0 saturated carbocycles. The number of methoxy groups -OCH3 is 1. The largest absolute Gasteiger partial charge is 0.497 e. The molecule has 0 spiro atoms. The maximum Gasteiger partial charge on any atom is 0.227 e. The van der Waals surface area contributed by atoms with Gasteiger partial charge >= 0.3 is 0 Å². The number of hydrogen-bond acceptors (Lipinski definition) is 5. The van der Waals surface area contributed by atoms with E-state index < -0.39 is 0 Å². The van der Waals surface area contributed by atoms with Crippen molar-refractivity contribution in [3.05, 3.63) is 18.3 Å². The van der Waals surface area contributed by atoms with E-state index in [2.05, 4.69) is 15.2 Å². The van der Waals surface area contributed by atoms with Gasteiger partial charge in [0.15, 0.2) is 0 Å². The van der Waals surface area contributed by atoms with Crippen LogP contribution in [0.25, 0.3) is 0 Å². The van der Waals surface area contributed by atoms with Crippen LogP contribution in [-0.2, 0) is 4.79 Å². The molecule has 21 heavy (non-hydrogen) atoms. The van der Waals surface area contributed by atoms with E-state index in [1.165, 1.54) is 0 Å². The van der Waals surface area contributed by atoms with Crippen molar-refractivity contribution in [2.24, 2.45) is 5.92 Å². The van der Waals surface area contributed by atoms with Gasteiger partial charge in [-0.2, -0.15) is 0 Å². The number of amides is 1. The Bertz CT molecular complexity index is 494. The van der Waals surface area contributed by atoms with Gasteiger partial charge in [0.05, 0.1) is 13.0 Å². The van der Waals surface area contributed by atoms with Crippen molar-refractivity contribution in [2.75, 3.05) is 51.3 Å². The third kappa shape index (κ3) is 3.10. The van der Waals surface area contributed by atoms with E-state index in [4.69, 9.17) is 4.74 Å². The summed E-state index contributed by atoms with van der Waals surface area (Å²) in [4.78, 5) is 21.0. The van der Waals surface area contributed by atoms with Crippen LogP contribution in [0.3, 0.4) is 0 Å². The van der Waals surface area contributed by atoms with Crippen LogP contribution in [0.15, 0.2) is 18.3 Å². The fraction of sp³-hybridized carbons (Fsp3) is 0.600. The molecule has 0 bridgehead atoms. The summed E-state index contributed by atoms with van der Waals surface area (Å²) in [6, 6.07) is 3.79. The van der Waals surface area contributed by atoms with E-state index in [1.54, 1.807) is 13.3 Å². The zero-order valence-electron chi connectivity index (χ0n) is 12.4. The maximum atomic E-state index is 12.4. The summed E-state index contributed by atoms with van der Waals surface area (Å²) in [6.07, 6.45) is 2.73. The monoisotopic (exact) mass is 290 g/mol. The molecule has 2 fully saturated rings. The molecule has 1 atom stereocenters. The van der Waals surface area contributed by atoms with Crippen LogP contribution in [0.1, 0.15) is 6.42 Å². The highest BCUT2D eigenvalue weighted by molar-refractivity contribution is 5.79. The van der Waals surface area contributed by atoms with Gasteiger partial charge in [-0.05, 0) is 19.0 Å². The number of anilines is 1. The van der Waals surface area contributed by atoms with E-state index in [0.717, 1.165) is 57.3 Å². The zero-order valence-corrected chi connectivity index (χ0v) is 12.4.